The number of methoxy groups -OCH3 is 1. The first kappa shape index (κ1) is 21.5. The minimum absolute atomic E-state index is 0.108. The summed E-state index contributed by atoms with van der Waals surface area (Å²) < 4.78 is 12.1. The highest BCUT2D eigenvalue weighted by Gasteiger charge is 2.30. The molecule has 3 heterocycles. The van der Waals surface area contributed by atoms with E-state index in [4.69, 9.17) is 9.47 Å². The molecule has 1 aliphatic heterocycles. The summed E-state index contributed by atoms with van der Waals surface area (Å²) in [6.45, 7) is 9.21. The lowest BCUT2D eigenvalue weighted by Gasteiger charge is -2.35. The molecule has 2 aromatic rings. The van der Waals surface area contributed by atoms with Crippen LogP contribution in [0, 0.1) is 0 Å². The molecule has 1 aliphatic rings. The Morgan fingerprint density at radius 1 is 1.07 bits per heavy atom. The van der Waals surface area contributed by atoms with E-state index in [1.807, 2.05) is 27.7 Å². The molecule has 1 saturated heterocycles. The van der Waals surface area contributed by atoms with Crippen LogP contribution in [0.3, 0.4) is 0 Å². The smallest absolute Gasteiger partial charge is 0.410 e. The molecule has 0 bridgehead atoms. The number of ether oxygens (including phenoxy) is 2. The summed E-state index contributed by atoms with van der Waals surface area (Å²) in [5, 5.41) is 12.4. The third-order valence-corrected chi connectivity index (χ3v) is 4.70. The van der Waals surface area contributed by atoms with E-state index in [1.54, 1.807) is 32.8 Å². The third-order valence-electron chi connectivity index (χ3n) is 4.70. The van der Waals surface area contributed by atoms with Crippen molar-refractivity contribution in [2.24, 2.45) is 0 Å². The SMILES string of the molecule is CCc1c(C(=O)N2CCN(C(=O)OC(C)(C)C)CC2)cnn1-c1ccc(OC)nn1. The second-order valence-electron chi connectivity index (χ2n) is 7.96. The van der Waals surface area contributed by atoms with Crippen molar-refractivity contribution >= 4 is 12.0 Å². The predicted molar refractivity (Wildman–Crippen MR) is 109 cm³/mol. The maximum Gasteiger partial charge on any atom is 0.410 e. The number of nitrogens with zero attached hydrogens (tertiary/aromatic N) is 6. The van der Waals surface area contributed by atoms with E-state index in [0.717, 1.165) is 5.69 Å². The lowest BCUT2D eigenvalue weighted by molar-refractivity contribution is 0.0140. The molecule has 0 aromatic carbocycles. The molecular formula is C20H28N6O4. The molecule has 0 atom stereocenters. The van der Waals surface area contributed by atoms with Gasteiger partial charge >= 0.3 is 6.09 Å². The highest BCUT2D eigenvalue weighted by atomic mass is 16.6. The van der Waals surface area contributed by atoms with Crippen molar-refractivity contribution in [3.8, 4) is 11.7 Å². The van der Waals surface area contributed by atoms with E-state index < -0.39 is 5.60 Å². The van der Waals surface area contributed by atoms with E-state index in [9.17, 15) is 9.59 Å². The van der Waals surface area contributed by atoms with E-state index in [1.165, 1.54) is 7.11 Å². The molecule has 30 heavy (non-hydrogen) atoms. The number of amides is 2. The summed E-state index contributed by atoms with van der Waals surface area (Å²) in [4.78, 5) is 28.7. The third kappa shape index (κ3) is 4.69. The van der Waals surface area contributed by atoms with Crippen LogP contribution in [0.5, 0.6) is 5.88 Å². The molecule has 0 saturated carbocycles. The maximum atomic E-state index is 13.1. The zero-order valence-corrected chi connectivity index (χ0v) is 18.1. The summed E-state index contributed by atoms with van der Waals surface area (Å²) in [6.07, 6.45) is 1.81. The van der Waals surface area contributed by atoms with Gasteiger partial charge in [-0.3, -0.25) is 4.79 Å². The van der Waals surface area contributed by atoms with Crippen LogP contribution in [0.2, 0.25) is 0 Å². The number of rotatable bonds is 4. The quantitative estimate of drug-likeness (QED) is 0.750. The van der Waals surface area contributed by atoms with E-state index in [-0.39, 0.29) is 12.0 Å². The van der Waals surface area contributed by atoms with Crippen LogP contribution in [-0.2, 0) is 11.2 Å². The minimum atomic E-state index is -0.543. The van der Waals surface area contributed by atoms with Crippen LogP contribution in [0.15, 0.2) is 18.3 Å². The van der Waals surface area contributed by atoms with Gasteiger partial charge < -0.3 is 19.3 Å². The molecule has 10 nitrogen and oxygen atoms in total. The first-order chi connectivity index (χ1) is 14.2. The van der Waals surface area contributed by atoms with Gasteiger partial charge in [0.2, 0.25) is 5.88 Å². The fourth-order valence-electron chi connectivity index (χ4n) is 3.21. The number of hydrogen-bond donors (Lipinski definition) is 0. The van der Waals surface area contributed by atoms with Crippen LogP contribution in [0.1, 0.15) is 43.7 Å². The molecule has 1 fully saturated rings. The van der Waals surface area contributed by atoms with Gasteiger partial charge in [0, 0.05) is 32.2 Å². The van der Waals surface area contributed by atoms with Crippen molar-refractivity contribution in [1.29, 1.82) is 0 Å². The standard InChI is InChI=1S/C20H28N6O4/c1-6-15-14(13-21-26(15)16-7-8-17(29-5)23-22-16)18(27)24-9-11-25(12-10-24)19(28)30-20(2,3)4/h7-8,13H,6,9-12H2,1-5H3. The van der Waals surface area contributed by atoms with Gasteiger partial charge in [-0.1, -0.05) is 6.92 Å². The van der Waals surface area contributed by atoms with Crippen molar-refractivity contribution in [3.05, 3.63) is 29.6 Å². The van der Waals surface area contributed by atoms with E-state index in [0.29, 0.717) is 49.9 Å². The molecule has 10 heteroatoms. The molecule has 0 N–H and O–H groups in total. The Morgan fingerprint density at radius 2 is 1.73 bits per heavy atom. The normalized spacial score (nSPS) is 14.6. The average molecular weight is 416 g/mol. The van der Waals surface area contributed by atoms with Crippen LogP contribution in [0.4, 0.5) is 4.79 Å². The van der Waals surface area contributed by atoms with Crippen molar-refractivity contribution < 1.29 is 19.1 Å². The van der Waals surface area contributed by atoms with Crippen LogP contribution in [-0.4, -0.2) is 80.7 Å². The highest BCUT2D eigenvalue weighted by Crippen LogP contribution is 2.19. The Bertz CT molecular complexity index is 895. The van der Waals surface area contributed by atoms with Gasteiger partial charge in [0.25, 0.3) is 5.91 Å². The zero-order valence-electron chi connectivity index (χ0n) is 18.1. The topological polar surface area (TPSA) is 103 Å². The van der Waals surface area contributed by atoms with Gasteiger partial charge in [0.05, 0.1) is 24.6 Å². The molecule has 2 amide bonds. The predicted octanol–water partition coefficient (Wildman–Crippen LogP) is 1.93. The van der Waals surface area contributed by atoms with E-state index >= 15 is 0 Å². The largest absolute Gasteiger partial charge is 0.480 e. The van der Waals surface area contributed by atoms with Gasteiger partial charge in [0.1, 0.15) is 5.60 Å². The van der Waals surface area contributed by atoms with Gasteiger partial charge in [-0.25, -0.2) is 9.48 Å². The van der Waals surface area contributed by atoms with E-state index in [2.05, 4.69) is 15.3 Å². The maximum absolute atomic E-state index is 13.1. The lowest BCUT2D eigenvalue weighted by Crippen LogP contribution is -2.51. The summed E-state index contributed by atoms with van der Waals surface area (Å²) in [7, 11) is 1.52. The lowest BCUT2D eigenvalue weighted by atomic mass is 10.1. The molecule has 0 aliphatic carbocycles. The highest BCUT2D eigenvalue weighted by molar-refractivity contribution is 5.95. The van der Waals surface area contributed by atoms with Crippen LogP contribution >= 0.6 is 0 Å². The Morgan fingerprint density at radius 3 is 2.27 bits per heavy atom. The van der Waals surface area contributed by atoms with Crippen molar-refractivity contribution in [3.63, 3.8) is 0 Å². The number of carbonyl (C=O) groups excluding carboxylic acids is 2. The molecule has 162 valence electrons. The number of carbonyl (C=O) groups is 2. The fourth-order valence-corrected chi connectivity index (χ4v) is 3.21. The summed E-state index contributed by atoms with van der Waals surface area (Å²) >= 11 is 0. The Balaban J connectivity index is 1.70. The first-order valence-corrected chi connectivity index (χ1v) is 9.95. The second kappa shape index (κ2) is 8.68. The van der Waals surface area contributed by atoms with Gasteiger partial charge in [0.15, 0.2) is 5.82 Å². The first-order valence-electron chi connectivity index (χ1n) is 9.95. The summed E-state index contributed by atoms with van der Waals surface area (Å²) in [5.74, 6) is 0.813. The molecule has 2 aromatic heterocycles. The summed E-state index contributed by atoms with van der Waals surface area (Å²) in [6, 6.07) is 3.44. The van der Waals surface area contributed by atoms with Gasteiger partial charge in [-0.2, -0.15) is 5.10 Å². The van der Waals surface area contributed by atoms with Crippen LogP contribution in [0.25, 0.3) is 5.82 Å². The van der Waals surface area contributed by atoms with Crippen LogP contribution < -0.4 is 4.74 Å². The van der Waals surface area contributed by atoms with Gasteiger partial charge in [-0.05, 0) is 33.3 Å². The van der Waals surface area contributed by atoms with Gasteiger partial charge in [-0.15, -0.1) is 10.2 Å². The number of piperazine rings is 1. The van der Waals surface area contributed by atoms with Crippen molar-refractivity contribution in [1.82, 2.24) is 29.8 Å². The molecule has 0 spiro atoms. The molecular weight excluding hydrogens is 388 g/mol. The Hall–Kier alpha value is -3.17. The number of aromatic nitrogens is 4. The number of hydrogen-bond acceptors (Lipinski definition) is 7. The Labute approximate surface area is 175 Å². The second-order valence-corrected chi connectivity index (χ2v) is 7.96. The van der Waals surface area contributed by atoms with Crippen molar-refractivity contribution in [2.75, 3.05) is 33.3 Å². The average Bonchev–Trinajstić information content (AvgIpc) is 3.16. The summed E-state index contributed by atoms with van der Waals surface area (Å²) in [5.41, 5.74) is 0.744. The molecule has 3 rings (SSSR count). The zero-order chi connectivity index (χ0) is 21.9. The Kier molecular flexibility index (Phi) is 6.23. The fraction of sp³-hybridized carbons (Fsp3) is 0.550. The minimum Gasteiger partial charge on any atom is -0.480 e. The monoisotopic (exact) mass is 416 g/mol. The van der Waals surface area contributed by atoms with Crippen molar-refractivity contribution in [2.45, 2.75) is 39.7 Å². The molecule has 0 radical (unpaired) electrons. The molecule has 0 unspecified atom stereocenters.